The predicted octanol–water partition coefficient (Wildman–Crippen LogP) is 5.18. The van der Waals surface area contributed by atoms with Gasteiger partial charge in [-0.3, -0.25) is 4.79 Å². The van der Waals surface area contributed by atoms with Crippen LogP contribution in [0.2, 0.25) is 0 Å². The van der Waals surface area contributed by atoms with Crippen LogP contribution in [0.5, 0.6) is 0 Å². The first kappa shape index (κ1) is 21.6. The number of benzene rings is 1. The quantitative estimate of drug-likeness (QED) is 0.706. The third-order valence-electron chi connectivity index (χ3n) is 5.26. The van der Waals surface area contributed by atoms with Gasteiger partial charge in [0.05, 0.1) is 5.41 Å². The van der Waals surface area contributed by atoms with Crippen LogP contribution in [0.15, 0.2) is 53.1 Å². The summed E-state index contributed by atoms with van der Waals surface area (Å²) in [5, 5.41) is 20.0. The average Bonchev–Trinajstić information content (AvgIpc) is 2.60. The van der Waals surface area contributed by atoms with Gasteiger partial charge in [0.15, 0.2) is 0 Å². The van der Waals surface area contributed by atoms with E-state index in [1.807, 2.05) is 27.7 Å². The lowest BCUT2D eigenvalue weighted by Crippen LogP contribution is -2.40. The summed E-state index contributed by atoms with van der Waals surface area (Å²) >= 11 is 0. The number of carboxylic acids is 2. The molecule has 4 nitrogen and oxygen atoms in total. The molecule has 2 unspecified atom stereocenters. The van der Waals surface area contributed by atoms with Crippen molar-refractivity contribution >= 4 is 18.0 Å². The van der Waals surface area contributed by atoms with Gasteiger partial charge in [-0.25, -0.2) is 9.18 Å². The second-order valence-electron chi connectivity index (χ2n) is 8.02. The lowest BCUT2D eigenvalue weighted by molar-refractivity contribution is -0.147. The highest BCUT2D eigenvalue weighted by Gasteiger charge is 2.47. The third-order valence-corrected chi connectivity index (χ3v) is 5.26. The Bertz CT molecular complexity index is 859. The van der Waals surface area contributed by atoms with Gasteiger partial charge < -0.3 is 10.2 Å². The molecule has 0 aliphatic heterocycles. The van der Waals surface area contributed by atoms with Crippen molar-refractivity contribution in [2.75, 3.05) is 0 Å². The normalized spacial score (nSPS) is 22.9. The van der Waals surface area contributed by atoms with E-state index in [2.05, 4.69) is 0 Å². The summed E-state index contributed by atoms with van der Waals surface area (Å²) < 4.78 is 13.1. The van der Waals surface area contributed by atoms with Gasteiger partial charge in [-0.1, -0.05) is 58.1 Å². The Labute approximate surface area is 165 Å². The number of hydrogen-bond donors (Lipinski definition) is 2. The number of aliphatic carboxylic acids is 2. The highest BCUT2D eigenvalue weighted by molar-refractivity contribution is 5.94. The first-order valence-electron chi connectivity index (χ1n) is 9.36. The zero-order chi connectivity index (χ0) is 21.2. The van der Waals surface area contributed by atoms with Crippen molar-refractivity contribution < 1.29 is 24.2 Å². The number of hydrogen-bond acceptors (Lipinski definition) is 2. The largest absolute Gasteiger partial charge is 0.481 e. The third kappa shape index (κ3) is 4.08. The molecule has 5 heteroatoms. The molecule has 2 N–H and O–H groups in total. The number of rotatable bonds is 6. The summed E-state index contributed by atoms with van der Waals surface area (Å²) in [6, 6.07) is 5.74. The molecule has 0 amide bonds. The molecule has 0 bridgehead atoms. The zero-order valence-electron chi connectivity index (χ0n) is 16.9. The lowest BCUT2D eigenvalue weighted by atomic mass is 9.63. The van der Waals surface area contributed by atoms with Crippen molar-refractivity contribution in [2.24, 2.45) is 23.2 Å². The topological polar surface area (TPSA) is 74.6 Å². The molecule has 2 rings (SSSR count). The van der Waals surface area contributed by atoms with Crippen molar-refractivity contribution in [1.82, 2.24) is 0 Å². The van der Waals surface area contributed by atoms with Crippen LogP contribution >= 0.6 is 0 Å². The van der Waals surface area contributed by atoms with E-state index < -0.39 is 23.3 Å². The molecule has 150 valence electrons. The van der Waals surface area contributed by atoms with E-state index in [1.54, 1.807) is 37.3 Å². The lowest BCUT2D eigenvalue weighted by Gasteiger charge is -2.39. The Hall–Kier alpha value is -2.69. The van der Waals surface area contributed by atoms with Crippen LogP contribution in [-0.4, -0.2) is 22.2 Å². The van der Waals surface area contributed by atoms with Gasteiger partial charge in [-0.05, 0) is 47.6 Å². The van der Waals surface area contributed by atoms with Crippen LogP contribution in [0, 0.1) is 29.0 Å². The fourth-order valence-electron chi connectivity index (χ4n) is 3.76. The Morgan fingerprint density at radius 1 is 1.07 bits per heavy atom. The van der Waals surface area contributed by atoms with Gasteiger partial charge in [0.25, 0.3) is 0 Å². The Morgan fingerprint density at radius 2 is 1.64 bits per heavy atom. The van der Waals surface area contributed by atoms with E-state index >= 15 is 0 Å². The Morgan fingerprint density at radius 3 is 2.07 bits per heavy atom. The smallest absolute Gasteiger partial charge is 0.332 e. The summed E-state index contributed by atoms with van der Waals surface area (Å²) in [6.45, 7) is 9.25. The number of carboxylic acid groups (broad SMARTS) is 2. The first-order valence-corrected chi connectivity index (χ1v) is 9.36. The van der Waals surface area contributed by atoms with Crippen molar-refractivity contribution in [3.05, 3.63) is 64.5 Å². The SMILES string of the molecule is CC(C)C1=CC(C)(C(=O)O)C(C=Cc2ccc(F)cc2)C(C(=O)O)=C1C(C)C. The van der Waals surface area contributed by atoms with Crippen LogP contribution < -0.4 is 0 Å². The Kier molecular flexibility index (Phi) is 6.27. The fraction of sp³-hybridized carbons (Fsp3) is 0.391. The molecule has 0 saturated carbocycles. The van der Waals surface area contributed by atoms with E-state index in [0.29, 0.717) is 11.1 Å². The minimum absolute atomic E-state index is 0.00699. The summed E-state index contributed by atoms with van der Waals surface area (Å²) in [4.78, 5) is 24.5. The fourth-order valence-corrected chi connectivity index (χ4v) is 3.76. The van der Waals surface area contributed by atoms with Crippen molar-refractivity contribution in [1.29, 1.82) is 0 Å². The zero-order valence-corrected chi connectivity index (χ0v) is 16.9. The predicted molar refractivity (Wildman–Crippen MR) is 107 cm³/mol. The molecule has 1 aliphatic rings. The van der Waals surface area contributed by atoms with Crippen LogP contribution in [0.4, 0.5) is 4.39 Å². The van der Waals surface area contributed by atoms with E-state index in [4.69, 9.17) is 0 Å². The molecular weight excluding hydrogens is 359 g/mol. The molecule has 1 aliphatic carbocycles. The van der Waals surface area contributed by atoms with E-state index in [0.717, 1.165) is 5.57 Å². The van der Waals surface area contributed by atoms with Gasteiger partial charge in [0.1, 0.15) is 5.82 Å². The number of allylic oxidation sites excluding steroid dienone is 3. The highest BCUT2D eigenvalue weighted by atomic mass is 19.1. The Balaban J connectivity index is 2.71. The van der Waals surface area contributed by atoms with Crippen molar-refractivity contribution in [3.8, 4) is 0 Å². The van der Waals surface area contributed by atoms with Gasteiger partial charge >= 0.3 is 11.9 Å². The molecule has 0 aromatic heterocycles. The molecule has 0 saturated heterocycles. The molecule has 0 spiro atoms. The van der Waals surface area contributed by atoms with Crippen LogP contribution in [0.3, 0.4) is 0 Å². The summed E-state index contributed by atoms with van der Waals surface area (Å²) in [7, 11) is 0. The maximum absolute atomic E-state index is 13.1. The first-order chi connectivity index (χ1) is 13.0. The van der Waals surface area contributed by atoms with E-state index in [1.165, 1.54) is 12.1 Å². The number of halogens is 1. The summed E-state index contributed by atoms with van der Waals surface area (Å²) in [6.07, 6.45) is 4.97. The standard InChI is InChI=1S/C23H27FO4/c1-13(2)17-12-23(5,22(27)28)18(20(21(25)26)19(17)14(3)4)11-8-15-6-9-16(24)10-7-15/h6-14,18H,1-5H3,(H,25,26)(H,27,28). The molecule has 28 heavy (non-hydrogen) atoms. The van der Waals surface area contributed by atoms with E-state index in [-0.39, 0.29) is 23.2 Å². The van der Waals surface area contributed by atoms with Crippen molar-refractivity contribution in [2.45, 2.75) is 34.6 Å². The summed E-state index contributed by atoms with van der Waals surface area (Å²) in [5.41, 5.74) is 0.842. The van der Waals surface area contributed by atoms with Gasteiger partial charge in [-0.15, -0.1) is 0 Å². The molecule has 1 aromatic carbocycles. The molecule has 0 radical (unpaired) electrons. The van der Waals surface area contributed by atoms with Crippen LogP contribution in [0.25, 0.3) is 6.08 Å². The maximum Gasteiger partial charge on any atom is 0.332 e. The van der Waals surface area contributed by atoms with Crippen molar-refractivity contribution in [3.63, 3.8) is 0 Å². The van der Waals surface area contributed by atoms with Crippen LogP contribution in [-0.2, 0) is 9.59 Å². The van der Waals surface area contributed by atoms with E-state index in [9.17, 15) is 24.2 Å². The average molecular weight is 386 g/mol. The monoisotopic (exact) mass is 386 g/mol. The molecule has 1 aromatic rings. The molecular formula is C23H27FO4. The summed E-state index contributed by atoms with van der Waals surface area (Å²) in [5.74, 6) is -3.50. The van der Waals surface area contributed by atoms with Gasteiger partial charge in [0, 0.05) is 11.5 Å². The number of carbonyl (C=O) groups is 2. The molecule has 0 heterocycles. The van der Waals surface area contributed by atoms with Crippen LogP contribution in [0.1, 0.15) is 40.2 Å². The minimum atomic E-state index is -1.40. The molecule has 0 fully saturated rings. The molecule has 2 atom stereocenters. The van der Waals surface area contributed by atoms with Gasteiger partial charge in [0.2, 0.25) is 0 Å². The minimum Gasteiger partial charge on any atom is -0.481 e. The maximum atomic E-state index is 13.1. The second kappa shape index (κ2) is 8.13. The second-order valence-corrected chi connectivity index (χ2v) is 8.02. The van der Waals surface area contributed by atoms with Gasteiger partial charge in [-0.2, -0.15) is 0 Å². The highest BCUT2D eigenvalue weighted by Crippen LogP contribution is 2.47.